The molecule has 0 aliphatic carbocycles. The number of nitrogens with zero attached hydrogens (tertiary/aromatic N) is 3. The Hall–Kier alpha value is -1.81. The van der Waals surface area contributed by atoms with Crippen LogP contribution >= 0.6 is 34.9 Å². The molecule has 1 aliphatic rings. The van der Waals surface area contributed by atoms with E-state index < -0.39 is 0 Å². The van der Waals surface area contributed by atoms with E-state index in [-0.39, 0.29) is 18.5 Å². The molecule has 4 heterocycles. The number of nitrogens with one attached hydrogen (secondary N) is 2. The van der Waals surface area contributed by atoms with Crippen LogP contribution in [0.5, 0.6) is 0 Å². The normalized spacial score (nSPS) is 15.4. The van der Waals surface area contributed by atoms with Gasteiger partial charge in [0.25, 0.3) is 0 Å². The Morgan fingerprint density at radius 3 is 3.11 bits per heavy atom. The molecular formula is C18H21N5OS3. The molecule has 0 saturated carbocycles. The first-order valence-electron chi connectivity index (χ1n) is 8.87. The number of carbonyl (C=O) groups is 1. The number of thiophene rings is 2. The molecule has 1 aliphatic heterocycles. The van der Waals surface area contributed by atoms with Crippen LogP contribution in [0.1, 0.15) is 17.4 Å². The van der Waals surface area contributed by atoms with Crippen molar-refractivity contribution in [3.05, 3.63) is 44.2 Å². The van der Waals surface area contributed by atoms with Crippen molar-refractivity contribution in [1.29, 1.82) is 0 Å². The number of carbonyl (C=O) groups excluding carboxylic acids is 1. The topological polar surface area (TPSA) is 66.0 Å². The second-order valence-corrected chi connectivity index (χ2v) is 8.99. The molecule has 9 heteroatoms. The lowest BCUT2D eigenvalue weighted by Crippen LogP contribution is -2.44. The zero-order valence-corrected chi connectivity index (χ0v) is 17.4. The van der Waals surface area contributed by atoms with E-state index in [9.17, 15) is 4.79 Å². The highest BCUT2D eigenvalue weighted by Gasteiger charge is 2.22. The maximum absolute atomic E-state index is 12.5. The lowest BCUT2D eigenvalue weighted by Gasteiger charge is -2.32. The van der Waals surface area contributed by atoms with Gasteiger partial charge in [-0.25, -0.2) is 0 Å². The minimum absolute atomic E-state index is 0.0506. The highest BCUT2D eigenvalue weighted by Crippen LogP contribution is 2.25. The summed E-state index contributed by atoms with van der Waals surface area (Å²) >= 11 is 8.71. The Kier molecular flexibility index (Phi) is 5.53. The van der Waals surface area contributed by atoms with Gasteiger partial charge in [0.15, 0.2) is 10.6 Å². The first kappa shape index (κ1) is 18.5. The summed E-state index contributed by atoms with van der Waals surface area (Å²) in [6, 6.07) is 6.43. The van der Waals surface area contributed by atoms with Gasteiger partial charge in [-0.3, -0.25) is 19.4 Å². The fraction of sp³-hybridized carbons (Fsp3) is 0.389. The minimum atomic E-state index is -0.0506. The van der Waals surface area contributed by atoms with E-state index in [1.807, 2.05) is 28.8 Å². The van der Waals surface area contributed by atoms with E-state index in [0.717, 1.165) is 24.4 Å². The molecule has 0 fully saturated rings. The number of fused-ring (bicyclic) bond motifs is 1. The maximum atomic E-state index is 12.5. The standard InChI is InChI=1S/C18H21N5OS3/c1-12(22-6-4-14-13(10-22)5-8-27-14)9-19-16(24)11-23-17(20-21-18(23)25)15-3-2-7-26-15/h2-3,5,7-8,12H,4,6,9-11H2,1H3,(H,19,24)(H,21,25). The number of amides is 1. The van der Waals surface area contributed by atoms with Crippen LogP contribution in [-0.4, -0.2) is 44.7 Å². The quantitative estimate of drug-likeness (QED) is 0.602. The number of H-pyrrole nitrogens is 1. The van der Waals surface area contributed by atoms with Gasteiger partial charge in [0.2, 0.25) is 5.91 Å². The van der Waals surface area contributed by atoms with Crippen molar-refractivity contribution in [3.63, 3.8) is 0 Å². The molecule has 0 spiro atoms. The highest BCUT2D eigenvalue weighted by atomic mass is 32.1. The van der Waals surface area contributed by atoms with Crippen LogP contribution in [0, 0.1) is 4.77 Å². The summed E-state index contributed by atoms with van der Waals surface area (Å²) in [6.07, 6.45) is 1.10. The largest absolute Gasteiger partial charge is 0.353 e. The van der Waals surface area contributed by atoms with Gasteiger partial charge in [0.1, 0.15) is 6.54 Å². The molecule has 1 amide bonds. The van der Waals surface area contributed by atoms with Crippen molar-refractivity contribution in [2.24, 2.45) is 0 Å². The van der Waals surface area contributed by atoms with Crippen LogP contribution < -0.4 is 5.32 Å². The lowest BCUT2D eigenvalue weighted by atomic mass is 10.1. The average Bonchev–Trinajstić information content (AvgIpc) is 3.41. The second kappa shape index (κ2) is 8.05. The zero-order chi connectivity index (χ0) is 18.8. The van der Waals surface area contributed by atoms with Crippen LogP contribution in [0.25, 0.3) is 10.7 Å². The number of aromatic nitrogens is 3. The number of hydrogen-bond donors (Lipinski definition) is 2. The first-order valence-corrected chi connectivity index (χ1v) is 11.0. The summed E-state index contributed by atoms with van der Waals surface area (Å²) in [4.78, 5) is 17.4. The molecule has 2 N–H and O–H groups in total. The van der Waals surface area contributed by atoms with Crippen molar-refractivity contribution >= 4 is 40.8 Å². The Labute approximate surface area is 170 Å². The molecule has 3 aromatic heterocycles. The number of rotatable bonds is 6. The predicted octanol–water partition coefficient (Wildman–Crippen LogP) is 3.29. The third-order valence-corrected chi connectivity index (χ3v) is 7.06. The Balaban J connectivity index is 1.34. The van der Waals surface area contributed by atoms with Crippen molar-refractivity contribution < 1.29 is 4.79 Å². The van der Waals surface area contributed by atoms with Gasteiger partial charge in [-0.1, -0.05) is 6.07 Å². The van der Waals surface area contributed by atoms with Crippen LogP contribution in [0.3, 0.4) is 0 Å². The second-order valence-electron chi connectivity index (χ2n) is 6.66. The molecule has 1 atom stereocenters. The summed E-state index contributed by atoms with van der Waals surface area (Å²) in [5.41, 5.74) is 1.43. The zero-order valence-electron chi connectivity index (χ0n) is 15.0. The van der Waals surface area contributed by atoms with E-state index in [4.69, 9.17) is 12.2 Å². The van der Waals surface area contributed by atoms with E-state index in [1.165, 1.54) is 10.4 Å². The van der Waals surface area contributed by atoms with Gasteiger partial charge in [0.05, 0.1) is 4.88 Å². The Morgan fingerprint density at radius 2 is 2.30 bits per heavy atom. The summed E-state index contributed by atoms with van der Waals surface area (Å²) in [5, 5.41) is 14.3. The molecule has 1 unspecified atom stereocenters. The van der Waals surface area contributed by atoms with Gasteiger partial charge in [-0.15, -0.1) is 22.7 Å². The van der Waals surface area contributed by atoms with E-state index >= 15 is 0 Å². The summed E-state index contributed by atoms with van der Waals surface area (Å²) in [5.74, 6) is 0.657. The number of hydrogen-bond acceptors (Lipinski definition) is 6. The summed E-state index contributed by atoms with van der Waals surface area (Å²) in [6.45, 7) is 4.96. The highest BCUT2D eigenvalue weighted by molar-refractivity contribution is 7.71. The average molecular weight is 420 g/mol. The van der Waals surface area contributed by atoms with Gasteiger partial charge in [-0.2, -0.15) is 5.10 Å². The molecule has 3 aromatic rings. The number of aromatic amines is 1. The Bertz CT molecular complexity index is 971. The molecule has 4 rings (SSSR count). The maximum Gasteiger partial charge on any atom is 0.240 e. The van der Waals surface area contributed by atoms with Crippen molar-refractivity contribution in [2.45, 2.75) is 32.5 Å². The predicted molar refractivity (Wildman–Crippen MR) is 112 cm³/mol. The van der Waals surface area contributed by atoms with E-state index in [2.05, 4.69) is 38.8 Å². The van der Waals surface area contributed by atoms with E-state index in [1.54, 1.807) is 15.9 Å². The Morgan fingerprint density at radius 1 is 1.41 bits per heavy atom. The minimum Gasteiger partial charge on any atom is -0.353 e. The first-order chi connectivity index (χ1) is 13.1. The summed E-state index contributed by atoms with van der Waals surface area (Å²) in [7, 11) is 0. The van der Waals surface area contributed by atoms with Crippen LogP contribution in [0.15, 0.2) is 29.0 Å². The lowest BCUT2D eigenvalue weighted by molar-refractivity contribution is -0.121. The smallest absolute Gasteiger partial charge is 0.240 e. The molecule has 0 aromatic carbocycles. The molecular weight excluding hydrogens is 398 g/mol. The third-order valence-electron chi connectivity index (χ3n) is 4.86. The van der Waals surface area contributed by atoms with Gasteiger partial charge >= 0.3 is 0 Å². The molecule has 0 bridgehead atoms. The third kappa shape index (κ3) is 4.06. The monoisotopic (exact) mass is 419 g/mol. The van der Waals surface area contributed by atoms with Crippen LogP contribution in [-0.2, 0) is 24.3 Å². The molecule has 142 valence electrons. The SMILES string of the molecule is CC(CNC(=O)Cn1c(-c2cccs2)n[nH]c1=S)N1CCc2sccc2C1. The van der Waals surface area contributed by atoms with Gasteiger partial charge < -0.3 is 5.32 Å². The van der Waals surface area contributed by atoms with Crippen molar-refractivity contribution in [3.8, 4) is 10.7 Å². The molecule has 6 nitrogen and oxygen atoms in total. The summed E-state index contributed by atoms with van der Waals surface area (Å²) < 4.78 is 2.21. The molecule has 0 saturated heterocycles. The van der Waals surface area contributed by atoms with Crippen LogP contribution in [0.2, 0.25) is 0 Å². The van der Waals surface area contributed by atoms with Crippen molar-refractivity contribution in [1.82, 2.24) is 25.0 Å². The van der Waals surface area contributed by atoms with Crippen LogP contribution in [0.4, 0.5) is 0 Å². The van der Waals surface area contributed by atoms with Crippen molar-refractivity contribution in [2.75, 3.05) is 13.1 Å². The molecule has 0 radical (unpaired) electrons. The fourth-order valence-electron chi connectivity index (χ4n) is 3.29. The molecule has 27 heavy (non-hydrogen) atoms. The van der Waals surface area contributed by atoms with E-state index in [0.29, 0.717) is 17.1 Å². The fourth-order valence-corrected chi connectivity index (χ4v) is 5.10. The van der Waals surface area contributed by atoms with Gasteiger partial charge in [-0.05, 0) is 54.0 Å². The van der Waals surface area contributed by atoms with Gasteiger partial charge in [0, 0.05) is 30.6 Å².